The summed E-state index contributed by atoms with van der Waals surface area (Å²) in [4.78, 5) is 14.1. The van der Waals surface area contributed by atoms with E-state index < -0.39 is 0 Å². The van der Waals surface area contributed by atoms with Crippen molar-refractivity contribution in [1.82, 2.24) is 10.4 Å². The highest BCUT2D eigenvalue weighted by Gasteiger charge is 2.08. The fourth-order valence-electron chi connectivity index (χ4n) is 1.30. The largest absolute Gasteiger partial charge is 0.347 e. The van der Waals surface area contributed by atoms with Gasteiger partial charge >= 0.3 is 0 Å². The summed E-state index contributed by atoms with van der Waals surface area (Å²) in [7, 11) is 0. The van der Waals surface area contributed by atoms with E-state index in [0.717, 1.165) is 18.8 Å². The average molecular weight is 209 g/mol. The first-order chi connectivity index (χ1) is 7.09. The van der Waals surface area contributed by atoms with E-state index in [4.69, 9.17) is 0 Å². The van der Waals surface area contributed by atoms with E-state index in [0.29, 0.717) is 5.92 Å². The van der Waals surface area contributed by atoms with Gasteiger partial charge in [-0.3, -0.25) is 15.2 Å². The summed E-state index contributed by atoms with van der Waals surface area (Å²) in [5.41, 5.74) is 2.80. The Bertz CT molecular complexity index is 293. The molecule has 0 radical (unpaired) electrons. The number of carbonyl (C=O) groups excluding carboxylic acids is 1. The third-order valence-electron chi connectivity index (χ3n) is 2.09. The van der Waals surface area contributed by atoms with Gasteiger partial charge in [-0.1, -0.05) is 13.8 Å². The van der Waals surface area contributed by atoms with Crippen molar-refractivity contribution in [2.24, 2.45) is 5.92 Å². The maximum Gasteiger partial charge on any atom is 0.235 e. The number of hydrogen-bond acceptors (Lipinski definition) is 2. The van der Waals surface area contributed by atoms with Gasteiger partial charge in [-0.05, 0) is 24.5 Å². The molecule has 0 aromatic carbocycles. The summed E-state index contributed by atoms with van der Waals surface area (Å²) < 4.78 is 0. The molecular weight excluding hydrogens is 190 g/mol. The number of rotatable bonds is 5. The maximum atomic E-state index is 11.0. The van der Waals surface area contributed by atoms with Crippen LogP contribution in [0.3, 0.4) is 0 Å². The Morgan fingerprint density at radius 2 is 2.33 bits per heavy atom. The fraction of sp³-hybridized carbons (Fsp3) is 0.545. The lowest BCUT2D eigenvalue weighted by atomic mass is 10.1. The molecule has 1 rings (SSSR count). The molecule has 0 fully saturated rings. The van der Waals surface area contributed by atoms with Crippen molar-refractivity contribution >= 4 is 11.7 Å². The zero-order valence-electron chi connectivity index (χ0n) is 9.58. The van der Waals surface area contributed by atoms with Crippen molar-refractivity contribution < 1.29 is 4.79 Å². The van der Waals surface area contributed by atoms with Crippen molar-refractivity contribution in [1.29, 1.82) is 0 Å². The highest BCUT2D eigenvalue weighted by atomic mass is 16.2. The number of amides is 1. The van der Waals surface area contributed by atoms with Gasteiger partial charge in [0.05, 0.1) is 0 Å². The summed E-state index contributed by atoms with van der Waals surface area (Å²) in [5, 5.41) is 1.85. The van der Waals surface area contributed by atoms with Gasteiger partial charge in [-0.2, -0.15) is 0 Å². The molecule has 0 atom stereocenters. The van der Waals surface area contributed by atoms with E-state index in [-0.39, 0.29) is 5.91 Å². The van der Waals surface area contributed by atoms with Crippen molar-refractivity contribution in [3.8, 4) is 0 Å². The quantitative estimate of drug-likeness (QED) is 0.728. The molecule has 0 aliphatic heterocycles. The molecule has 2 N–H and O–H groups in total. The molecule has 1 aromatic rings. The smallest absolute Gasteiger partial charge is 0.235 e. The minimum absolute atomic E-state index is 0.0478. The standard InChI is InChI=1S/C11H19N3O/c1-9(2)6-8-14(13-10(3)15)11-5-4-7-12-11/h4-5,7,9,12H,6,8H2,1-3H3,(H,13,15). The summed E-state index contributed by atoms with van der Waals surface area (Å²) >= 11 is 0. The lowest BCUT2D eigenvalue weighted by Crippen LogP contribution is -2.42. The normalized spacial score (nSPS) is 10.4. The van der Waals surface area contributed by atoms with Crippen molar-refractivity contribution in [3.05, 3.63) is 18.3 Å². The van der Waals surface area contributed by atoms with Crippen molar-refractivity contribution in [3.63, 3.8) is 0 Å². The Morgan fingerprint density at radius 1 is 1.60 bits per heavy atom. The molecule has 4 nitrogen and oxygen atoms in total. The molecule has 1 heterocycles. The van der Waals surface area contributed by atoms with Crippen LogP contribution in [0, 0.1) is 5.92 Å². The Hall–Kier alpha value is -1.45. The first-order valence-corrected chi connectivity index (χ1v) is 5.27. The molecule has 0 unspecified atom stereocenters. The molecule has 0 saturated carbocycles. The van der Waals surface area contributed by atoms with Gasteiger partial charge in [0.2, 0.25) is 5.91 Å². The lowest BCUT2D eigenvalue weighted by molar-refractivity contribution is -0.119. The molecule has 84 valence electrons. The van der Waals surface area contributed by atoms with Gasteiger partial charge < -0.3 is 4.98 Å². The second kappa shape index (κ2) is 5.44. The van der Waals surface area contributed by atoms with Crippen LogP contribution in [0.15, 0.2) is 18.3 Å². The molecule has 4 heteroatoms. The first kappa shape index (κ1) is 11.6. The first-order valence-electron chi connectivity index (χ1n) is 5.27. The molecule has 0 spiro atoms. The summed E-state index contributed by atoms with van der Waals surface area (Å²) in [5.74, 6) is 1.50. The minimum atomic E-state index is -0.0478. The Kier molecular flexibility index (Phi) is 4.21. The molecule has 1 amide bonds. The summed E-state index contributed by atoms with van der Waals surface area (Å²) in [6.45, 7) is 6.67. The maximum absolute atomic E-state index is 11.0. The average Bonchev–Trinajstić information content (AvgIpc) is 2.63. The number of hydrazine groups is 1. The molecule has 0 aliphatic rings. The van der Waals surface area contributed by atoms with Crippen LogP contribution >= 0.6 is 0 Å². The molecular formula is C11H19N3O. The third kappa shape index (κ3) is 4.06. The number of anilines is 1. The predicted molar refractivity (Wildman–Crippen MR) is 61.4 cm³/mol. The number of carbonyl (C=O) groups is 1. The van der Waals surface area contributed by atoms with Gasteiger partial charge in [-0.15, -0.1) is 0 Å². The van der Waals surface area contributed by atoms with Crippen LogP contribution in [-0.4, -0.2) is 17.4 Å². The van der Waals surface area contributed by atoms with Gasteiger partial charge in [0, 0.05) is 19.7 Å². The predicted octanol–water partition coefficient (Wildman–Crippen LogP) is 1.92. The lowest BCUT2D eigenvalue weighted by Gasteiger charge is -2.23. The number of hydrogen-bond donors (Lipinski definition) is 2. The Labute approximate surface area is 90.6 Å². The third-order valence-corrected chi connectivity index (χ3v) is 2.09. The van der Waals surface area contributed by atoms with E-state index in [1.807, 2.05) is 23.3 Å². The van der Waals surface area contributed by atoms with Crippen LogP contribution in [-0.2, 0) is 4.79 Å². The summed E-state index contributed by atoms with van der Waals surface area (Å²) in [6, 6.07) is 3.86. The van der Waals surface area contributed by atoms with E-state index in [1.165, 1.54) is 6.92 Å². The number of nitrogens with one attached hydrogen (secondary N) is 2. The molecule has 15 heavy (non-hydrogen) atoms. The SMILES string of the molecule is CC(=O)NN(CCC(C)C)c1ccc[nH]1. The van der Waals surface area contributed by atoms with Crippen LogP contribution < -0.4 is 10.4 Å². The Morgan fingerprint density at radius 3 is 2.80 bits per heavy atom. The number of aromatic amines is 1. The number of aromatic nitrogens is 1. The van der Waals surface area contributed by atoms with Gasteiger partial charge in [-0.25, -0.2) is 0 Å². The second-order valence-corrected chi connectivity index (χ2v) is 4.06. The van der Waals surface area contributed by atoms with Gasteiger partial charge in [0.15, 0.2) is 0 Å². The zero-order chi connectivity index (χ0) is 11.3. The van der Waals surface area contributed by atoms with E-state index in [2.05, 4.69) is 24.3 Å². The van der Waals surface area contributed by atoms with Crippen LogP contribution in [0.25, 0.3) is 0 Å². The highest BCUT2D eigenvalue weighted by molar-refractivity contribution is 5.74. The van der Waals surface area contributed by atoms with E-state index in [1.54, 1.807) is 0 Å². The monoisotopic (exact) mass is 209 g/mol. The molecule has 0 aliphatic carbocycles. The van der Waals surface area contributed by atoms with E-state index in [9.17, 15) is 4.79 Å². The van der Waals surface area contributed by atoms with Crippen LogP contribution in [0.5, 0.6) is 0 Å². The number of nitrogens with zero attached hydrogens (tertiary/aromatic N) is 1. The highest BCUT2D eigenvalue weighted by Crippen LogP contribution is 2.10. The van der Waals surface area contributed by atoms with Crippen LogP contribution in [0.2, 0.25) is 0 Å². The molecule has 0 bridgehead atoms. The molecule has 0 saturated heterocycles. The van der Waals surface area contributed by atoms with Crippen LogP contribution in [0.4, 0.5) is 5.82 Å². The Balaban J connectivity index is 2.57. The number of H-pyrrole nitrogens is 1. The topological polar surface area (TPSA) is 48.1 Å². The van der Waals surface area contributed by atoms with Crippen molar-refractivity contribution in [2.75, 3.05) is 11.6 Å². The van der Waals surface area contributed by atoms with Gasteiger partial charge in [0.1, 0.15) is 5.82 Å². The van der Waals surface area contributed by atoms with E-state index >= 15 is 0 Å². The minimum Gasteiger partial charge on any atom is -0.347 e. The second-order valence-electron chi connectivity index (χ2n) is 4.06. The molecule has 1 aromatic heterocycles. The fourth-order valence-corrected chi connectivity index (χ4v) is 1.30. The van der Waals surface area contributed by atoms with Gasteiger partial charge in [0.25, 0.3) is 0 Å². The summed E-state index contributed by atoms with van der Waals surface area (Å²) in [6.07, 6.45) is 2.89. The van der Waals surface area contributed by atoms with Crippen LogP contribution in [0.1, 0.15) is 27.2 Å². The zero-order valence-corrected chi connectivity index (χ0v) is 9.58. The van der Waals surface area contributed by atoms with Crippen molar-refractivity contribution in [2.45, 2.75) is 27.2 Å².